The largest absolute Gasteiger partial charge is 0.494 e. The molecule has 19 nitrogen and oxygen atoms in total. The molecule has 0 aromatic heterocycles. The van der Waals surface area contributed by atoms with Crippen molar-refractivity contribution in [1.29, 1.82) is 0 Å². The van der Waals surface area contributed by atoms with Crippen LogP contribution in [-0.2, 0) is 87.2 Å². The number of ether oxygens (including phenoxy) is 4. The molecule has 0 amide bonds. The van der Waals surface area contributed by atoms with Gasteiger partial charge in [-0.2, -0.15) is 0 Å². The molecule has 7 heterocycles. The molecular weight excluding hydrogens is 1810 g/mol. The number of likely N-dealkylation sites (N-methyl/N-ethyl adjacent to an activating group) is 1. The molecule has 0 saturated carbocycles. The van der Waals surface area contributed by atoms with Crippen LogP contribution in [0.25, 0.3) is 0 Å². The van der Waals surface area contributed by atoms with Gasteiger partial charge in [-0.1, -0.05) is 300 Å². The van der Waals surface area contributed by atoms with Crippen molar-refractivity contribution in [2.24, 2.45) is 5.73 Å². The maximum atomic E-state index is 11.5. The van der Waals surface area contributed by atoms with Crippen molar-refractivity contribution in [3.05, 3.63) is 255 Å². The molecular formula is C125H201N13O6S. The van der Waals surface area contributed by atoms with Gasteiger partial charge in [0.15, 0.2) is 0 Å². The second-order valence-corrected chi connectivity index (χ2v) is 51.8. The summed E-state index contributed by atoms with van der Waals surface area (Å²) in [5.41, 5.74) is 27.7. The van der Waals surface area contributed by atoms with Gasteiger partial charge in [0.25, 0.3) is 0 Å². The molecule has 0 spiro atoms. The summed E-state index contributed by atoms with van der Waals surface area (Å²) in [6.45, 7) is 85.7. The number of hydrogen-bond donors (Lipinski definition) is 6. The number of hydrogen-bond acceptors (Lipinski definition) is 18. The number of sulfonamides is 1. The predicted molar refractivity (Wildman–Crippen MR) is 622 cm³/mol. The number of benzene rings is 8. The van der Waals surface area contributed by atoms with E-state index in [1.165, 1.54) is 136 Å². The van der Waals surface area contributed by atoms with Gasteiger partial charge >= 0.3 is 0 Å². The number of morpholine rings is 1. The van der Waals surface area contributed by atoms with E-state index in [4.69, 9.17) is 24.7 Å². The van der Waals surface area contributed by atoms with Gasteiger partial charge in [-0.25, -0.2) is 12.7 Å². The van der Waals surface area contributed by atoms with Crippen molar-refractivity contribution in [3.63, 3.8) is 0 Å². The third-order valence-electron chi connectivity index (χ3n) is 28.8. The molecule has 0 radical (unpaired) electrons. The van der Waals surface area contributed by atoms with Crippen molar-refractivity contribution < 1.29 is 27.4 Å². The average molecular weight is 2010 g/mol. The second-order valence-electron chi connectivity index (χ2n) is 49.8. The highest BCUT2D eigenvalue weighted by Gasteiger charge is 2.29. The number of piperazine rings is 2. The number of rotatable bonds is 23. The van der Waals surface area contributed by atoms with Gasteiger partial charge in [-0.3, -0.25) is 19.6 Å². The maximum absolute atomic E-state index is 11.5. The lowest BCUT2D eigenvalue weighted by molar-refractivity contribution is 0.0342. The van der Waals surface area contributed by atoms with E-state index in [2.05, 4.69) is 425 Å². The summed E-state index contributed by atoms with van der Waals surface area (Å²) in [6, 6.07) is 73.7. The molecule has 7 fully saturated rings. The number of nitrogens with zero attached hydrogens (tertiary/aromatic N) is 7. The number of likely N-dealkylation sites (tertiary alicyclic amines) is 1. The van der Waals surface area contributed by atoms with Crippen LogP contribution in [0.4, 0.5) is 22.7 Å². The summed E-state index contributed by atoms with van der Waals surface area (Å²) in [5.74, 6) is 0.934. The third-order valence-corrected chi connectivity index (χ3v) is 30.1. The van der Waals surface area contributed by atoms with Crippen molar-refractivity contribution in [2.75, 3.05) is 199 Å². The molecule has 1 atom stereocenters. The number of anilines is 4. The third kappa shape index (κ3) is 45.5. The fourth-order valence-electron chi connectivity index (χ4n) is 18.6. The zero-order valence-corrected chi connectivity index (χ0v) is 97.0. The van der Waals surface area contributed by atoms with Crippen LogP contribution in [0, 0.1) is 0 Å². The Hall–Kier alpha value is -7.77. The molecule has 7 aliphatic rings. The Kier molecular flexibility index (Phi) is 49.5. The van der Waals surface area contributed by atoms with Gasteiger partial charge in [0.1, 0.15) is 5.75 Å². The first-order valence-corrected chi connectivity index (χ1v) is 56.9. The molecule has 1 unspecified atom stereocenters. The van der Waals surface area contributed by atoms with Crippen LogP contribution < -0.4 is 42.0 Å². The fourth-order valence-corrected chi connectivity index (χ4v) is 19.4. The van der Waals surface area contributed by atoms with Gasteiger partial charge in [-0.15, -0.1) is 0 Å². The lowest BCUT2D eigenvalue weighted by Crippen LogP contribution is -2.47. The number of nitrogens with two attached hydrogens (primary N) is 1. The monoisotopic (exact) mass is 2010 g/mol. The van der Waals surface area contributed by atoms with Gasteiger partial charge < -0.3 is 61.1 Å². The van der Waals surface area contributed by atoms with Crippen LogP contribution >= 0.6 is 0 Å². The quantitative estimate of drug-likeness (QED) is 0.0333. The Bertz CT molecular complexity index is 4800. The smallest absolute Gasteiger partial charge is 0.211 e. The fraction of sp³-hybridized carbons (Fsp3) is 0.616. The standard InChI is InChI=1S/C18H30N2.C17H29N3.C16H26N2O2S.2C15H24N2.2C15H23NO.C14H22O2/c1-14(2)20-12-10-17(11-13-20)19-16-8-6-15(7-9-16)18(3,4)5;1-17(2,3)16-6-4-5-15(13-16)14-20-11-9-19(8-7-18)10-12-20;1-16(2,3)13-5-7-14(8-6-13)17-15-9-11-18(12-10-15)21(4,19)20;1-15(2,3)14-6-4-13(5-7-14)12-17-10-8-16-9-11-17;1-15(2,3)12-4-6-13(7-5-12)17-14-8-10-16-11-9-14;1-15(2,3)12-5-7-13(8-6-12)16(4)14-9-10-17-11-14;1-15(2,3)14-6-4-13(5-7-14)12-16-8-10-17-11-9-16;1-14(2,3)12-6-8-13(9-7-12)16-11-5-10-15-4/h6-9,14,17,19H,10-13H2,1-5H3;4-6,13H,7-12,14,18H2,1-3H3;5-8,15,17H,9-12H2,1-4H3;4-7,16H,8-12H2,1-3H3;4-7,14,16-17H,8-11H2,1-3H3;5-8,14H,9-11H2,1-4H3;4-7H,8-12H2,1-3H3;6-9H,5,10-11H2,1-4H3. The first-order valence-electron chi connectivity index (χ1n) is 55.0. The van der Waals surface area contributed by atoms with E-state index < -0.39 is 10.0 Å². The van der Waals surface area contributed by atoms with Crippen LogP contribution in [0.3, 0.4) is 0 Å². The molecule has 145 heavy (non-hydrogen) atoms. The predicted octanol–water partition coefficient (Wildman–Crippen LogP) is 24.1. The molecule has 20 heteroatoms. The van der Waals surface area contributed by atoms with E-state index >= 15 is 0 Å². The van der Waals surface area contributed by atoms with Crippen LogP contribution in [0.5, 0.6) is 5.75 Å². The summed E-state index contributed by atoms with van der Waals surface area (Å²) in [4.78, 5) is 14.9. The Morgan fingerprint density at radius 3 is 1.11 bits per heavy atom. The van der Waals surface area contributed by atoms with E-state index in [0.29, 0.717) is 49.9 Å². The Morgan fingerprint density at radius 1 is 0.386 bits per heavy atom. The summed E-state index contributed by atoms with van der Waals surface area (Å²) in [6.07, 6.45) is 10.0. The molecule has 0 bridgehead atoms. The highest BCUT2D eigenvalue weighted by molar-refractivity contribution is 7.88. The minimum atomic E-state index is -3.04. The first kappa shape index (κ1) is 122. The lowest BCUT2D eigenvalue weighted by atomic mass is 9.86. The topological polar surface area (TPSA) is 180 Å². The molecule has 0 aliphatic carbocycles. The van der Waals surface area contributed by atoms with Crippen molar-refractivity contribution >= 4 is 32.8 Å². The lowest BCUT2D eigenvalue weighted by Gasteiger charge is -2.35. The molecule has 15 rings (SSSR count). The molecule has 7 N–H and O–H groups in total. The Morgan fingerprint density at radius 2 is 0.738 bits per heavy atom. The number of methoxy groups -OCH3 is 1. The van der Waals surface area contributed by atoms with Crippen LogP contribution in [0.1, 0.15) is 293 Å². The van der Waals surface area contributed by atoms with Gasteiger partial charge in [0.05, 0.1) is 38.7 Å². The summed E-state index contributed by atoms with van der Waals surface area (Å²) in [5, 5.41) is 17.6. The van der Waals surface area contributed by atoms with Crippen LogP contribution in [0.2, 0.25) is 0 Å². The van der Waals surface area contributed by atoms with E-state index in [0.717, 1.165) is 168 Å². The molecule has 8 aromatic carbocycles. The molecule has 808 valence electrons. The summed E-state index contributed by atoms with van der Waals surface area (Å²) in [7, 11) is 0.826. The zero-order valence-electron chi connectivity index (χ0n) is 96.2. The summed E-state index contributed by atoms with van der Waals surface area (Å²) < 4.78 is 45.9. The zero-order chi connectivity index (χ0) is 106. The Balaban J connectivity index is 0.000000203. The van der Waals surface area contributed by atoms with Crippen LogP contribution in [-0.4, -0.2) is 245 Å². The van der Waals surface area contributed by atoms with Gasteiger partial charge in [0.2, 0.25) is 10.0 Å². The van der Waals surface area contributed by atoms with E-state index in [1.807, 2.05) is 12.1 Å². The van der Waals surface area contributed by atoms with Crippen molar-refractivity contribution in [2.45, 2.75) is 325 Å². The van der Waals surface area contributed by atoms with Gasteiger partial charge in [0, 0.05) is 205 Å². The SMILES string of the molecule is CC(C)(C)c1ccc(CN2CCNCC2)cc1.CC(C)(C)c1ccc(CN2CCOCC2)cc1.CC(C)(C)c1ccc(NC2CCN(S(C)(=O)=O)CC2)cc1.CC(C)(C)c1ccc(NC2CCNCC2)cc1.CC(C)(C)c1cccc(CN2CCN(CCN)CC2)c1.CC(C)N1CCC(Nc2ccc(C(C)(C)C)cc2)CC1.CN(c1ccc(C(C)(C)C)cc1)C1CCOC1.COCCCOc1ccc(C(C)(C)C)cc1. The number of nitrogens with one attached hydrogen (secondary N) is 5. The average Bonchev–Trinajstić information content (AvgIpc) is 1.39. The highest BCUT2D eigenvalue weighted by Crippen LogP contribution is 2.34. The first-order chi connectivity index (χ1) is 68.2. The molecule has 7 aliphatic heterocycles. The second kappa shape index (κ2) is 58.6. The minimum Gasteiger partial charge on any atom is -0.494 e. The molecule has 8 aromatic rings. The van der Waals surface area contributed by atoms with Gasteiger partial charge in [-0.05, 0) is 237 Å². The highest BCUT2D eigenvalue weighted by atomic mass is 32.2. The van der Waals surface area contributed by atoms with E-state index in [-0.39, 0.29) is 43.3 Å². The maximum Gasteiger partial charge on any atom is 0.211 e. The van der Waals surface area contributed by atoms with Crippen molar-refractivity contribution in [1.82, 2.24) is 39.4 Å². The van der Waals surface area contributed by atoms with E-state index in [9.17, 15) is 8.42 Å². The van der Waals surface area contributed by atoms with Crippen molar-refractivity contribution in [3.8, 4) is 5.75 Å². The van der Waals surface area contributed by atoms with Crippen LogP contribution in [0.15, 0.2) is 194 Å². The number of piperidine rings is 3. The normalized spacial score (nSPS) is 17.9. The summed E-state index contributed by atoms with van der Waals surface area (Å²) >= 11 is 0. The molecule has 7 saturated heterocycles. The Labute approximate surface area is 884 Å². The van der Waals surface area contributed by atoms with E-state index in [1.54, 1.807) is 11.4 Å². The minimum absolute atomic E-state index is 0.166.